The van der Waals surface area contributed by atoms with Gasteiger partial charge >= 0.3 is 5.97 Å². The second kappa shape index (κ2) is 12.2. The minimum absolute atomic E-state index is 0.0466. The zero-order valence-corrected chi connectivity index (χ0v) is 34.5. The molecule has 0 aromatic carbocycles. The lowest BCUT2D eigenvalue weighted by Crippen LogP contribution is -2.58. The Bertz CT molecular complexity index is 1210. The van der Waals surface area contributed by atoms with Gasteiger partial charge in [-0.1, -0.05) is 99.5 Å². The molecule has 3 unspecified atom stereocenters. The van der Waals surface area contributed by atoms with Gasteiger partial charge < -0.3 is 18.7 Å². The van der Waals surface area contributed by atoms with E-state index in [1.165, 1.54) is 5.57 Å². The Hall–Kier alpha value is -0.736. The van der Waals surface area contributed by atoms with Gasteiger partial charge in [-0.25, -0.2) is 4.79 Å². The van der Waals surface area contributed by atoms with Gasteiger partial charge in [0.25, 0.3) is 0 Å². The number of aliphatic carboxylic acids is 1. The predicted octanol–water partition coefficient (Wildman–Crippen LogP) is 10.8. The molecule has 0 aromatic rings. The molecule has 0 spiro atoms. The molecule has 0 radical (unpaired) electrons. The van der Waals surface area contributed by atoms with E-state index in [9.17, 15) is 9.90 Å². The molecule has 3 fully saturated rings. The van der Waals surface area contributed by atoms with Gasteiger partial charge in [0.05, 0.1) is 18.3 Å². The molecule has 9 atom stereocenters. The zero-order valence-electron chi connectivity index (χ0n) is 32.5. The van der Waals surface area contributed by atoms with Gasteiger partial charge in [-0.15, -0.1) is 0 Å². The van der Waals surface area contributed by atoms with Crippen molar-refractivity contribution in [3.05, 3.63) is 23.3 Å². The van der Waals surface area contributed by atoms with E-state index in [-0.39, 0.29) is 39.2 Å². The number of hydrogen-bond acceptors (Lipinski definition) is 4. The number of carbonyl (C=O) groups is 1. The number of ether oxygens (including phenoxy) is 1. The van der Waals surface area contributed by atoms with Crippen molar-refractivity contribution < 1.29 is 23.5 Å². The maximum atomic E-state index is 12.2. The Kier molecular flexibility index (Phi) is 10.1. The lowest BCUT2D eigenvalue weighted by Gasteiger charge is -2.59. The topological polar surface area (TPSA) is 65.0 Å². The quantitative estimate of drug-likeness (QED) is 0.260. The Labute approximate surface area is 285 Å². The first-order valence-electron chi connectivity index (χ1n) is 18.3. The van der Waals surface area contributed by atoms with Crippen molar-refractivity contribution in [3.63, 3.8) is 0 Å². The first-order chi connectivity index (χ1) is 20.7. The minimum Gasteiger partial charge on any atom is -0.479 e. The van der Waals surface area contributed by atoms with E-state index in [1.54, 1.807) is 5.57 Å². The number of fused-ring (bicyclic) bond motifs is 5. The summed E-state index contributed by atoms with van der Waals surface area (Å²) in [7, 11) is -4.01. The molecule has 4 aliphatic carbocycles. The van der Waals surface area contributed by atoms with Gasteiger partial charge in [-0.05, 0) is 110 Å². The third-order valence-corrected chi connectivity index (χ3v) is 23.1. The summed E-state index contributed by atoms with van der Waals surface area (Å²) in [5.41, 5.74) is 2.75. The second-order valence-electron chi connectivity index (χ2n) is 20.2. The molecule has 0 amide bonds. The summed E-state index contributed by atoms with van der Waals surface area (Å²) in [4.78, 5) is 12.2. The van der Waals surface area contributed by atoms with Crippen molar-refractivity contribution in [3.8, 4) is 0 Å². The van der Waals surface area contributed by atoms with Gasteiger partial charge in [-0.2, -0.15) is 0 Å². The van der Waals surface area contributed by atoms with Crippen LogP contribution in [0.15, 0.2) is 23.3 Å². The maximum Gasteiger partial charge on any atom is 0.333 e. The summed E-state index contributed by atoms with van der Waals surface area (Å²) in [6, 6.07) is 0. The smallest absolute Gasteiger partial charge is 0.333 e. The molecule has 5 nitrogen and oxygen atoms in total. The van der Waals surface area contributed by atoms with Crippen LogP contribution in [0.5, 0.6) is 0 Å². The van der Waals surface area contributed by atoms with Crippen LogP contribution in [-0.2, 0) is 18.4 Å². The fourth-order valence-corrected chi connectivity index (χ4v) is 11.9. The third-order valence-electron chi connectivity index (χ3n) is 14.1. The van der Waals surface area contributed by atoms with Crippen molar-refractivity contribution in [2.45, 2.75) is 182 Å². The molecule has 4 rings (SSSR count). The highest BCUT2D eigenvalue weighted by molar-refractivity contribution is 6.74. The first kappa shape index (κ1) is 38.1. The third kappa shape index (κ3) is 6.72. The van der Waals surface area contributed by atoms with Crippen LogP contribution in [0.4, 0.5) is 0 Å². The van der Waals surface area contributed by atoms with E-state index < -0.39 is 34.1 Å². The van der Waals surface area contributed by atoms with Crippen LogP contribution in [0, 0.1) is 34.0 Å². The summed E-state index contributed by atoms with van der Waals surface area (Å²) >= 11 is 0. The number of carboxylic acid groups (broad SMARTS) is 1. The molecule has 46 heavy (non-hydrogen) atoms. The summed E-state index contributed by atoms with van der Waals surface area (Å²) in [5.74, 6) is 0.439. The van der Waals surface area contributed by atoms with E-state index >= 15 is 0 Å². The van der Waals surface area contributed by atoms with Crippen molar-refractivity contribution in [2.24, 2.45) is 34.0 Å². The molecule has 0 aliphatic heterocycles. The fourth-order valence-electron chi connectivity index (χ4n) is 9.15. The molecule has 1 N–H and O–H groups in total. The Balaban J connectivity index is 1.69. The highest BCUT2D eigenvalue weighted by atomic mass is 28.4. The van der Waals surface area contributed by atoms with Gasteiger partial charge in [0, 0.05) is 5.41 Å². The average molecular weight is 675 g/mol. The van der Waals surface area contributed by atoms with Gasteiger partial charge in [-0.3, -0.25) is 0 Å². The normalized spacial score (nSPS) is 35.3. The van der Waals surface area contributed by atoms with Crippen molar-refractivity contribution in [1.29, 1.82) is 0 Å². The molecular weight excluding hydrogens is 605 g/mol. The summed E-state index contributed by atoms with van der Waals surface area (Å²) in [6.45, 7) is 36.8. The lowest BCUT2D eigenvalue weighted by molar-refractivity contribution is -0.169. The molecule has 3 saturated carbocycles. The largest absolute Gasteiger partial charge is 0.479 e. The van der Waals surface area contributed by atoms with Crippen LogP contribution in [-0.4, -0.2) is 52.1 Å². The Morgan fingerprint density at radius 3 is 1.96 bits per heavy atom. The maximum absolute atomic E-state index is 12.2. The highest BCUT2D eigenvalue weighted by Gasteiger charge is 2.61. The molecule has 0 aromatic heterocycles. The molecule has 0 bridgehead atoms. The zero-order chi connectivity index (χ0) is 35.1. The Morgan fingerprint density at radius 1 is 0.870 bits per heavy atom. The van der Waals surface area contributed by atoms with Gasteiger partial charge in [0.2, 0.25) is 0 Å². The highest BCUT2D eigenvalue weighted by Crippen LogP contribution is 2.66. The van der Waals surface area contributed by atoms with Crippen LogP contribution in [0.3, 0.4) is 0 Å². The van der Waals surface area contributed by atoms with Gasteiger partial charge in [0.1, 0.15) is 0 Å². The summed E-state index contributed by atoms with van der Waals surface area (Å²) in [6.07, 6.45) is 10.9. The molecule has 0 heterocycles. The predicted molar refractivity (Wildman–Crippen MR) is 196 cm³/mol. The van der Waals surface area contributed by atoms with Crippen molar-refractivity contribution in [1.82, 2.24) is 0 Å². The minimum atomic E-state index is -2.06. The van der Waals surface area contributed by atoms with Crippen molar-refractivity contribution in [2.75, 3.05) is 0 Å². The molecule has 4 aliphatic rings. The van der Waals surface area contributed by atoms with E-state index in [4.69, 9.17) is 13.6 Å². The van der Waals surface area contributed by atoms with Crippen LogP contribution in [0.25, 0.3) is 0 Å². The number of rotatable bonds is 8. The van der Waals surface area contributed by atoms with E-state index in [2.05, 4.69) is 101 Å². The van der Waals surface area contributed by atoms with Crippen LogP contribution < -0.4 is 0 Å². The van der Waals surface area contributed by atoms with Crippen LogP contribution in [0.2, 0.25) is 36.3 Å². The molecular formula is C39H70O5Si2. The monoisotopic (exact) mass is 674 g/mol. The van der Waals surface area contributed by atoms with Crippen LogP contribution in [0.1, 0.15) is 122 Å². The summed E-state index contributed by atoms with van der Waals surface area (Å²) < 4.78 is 21.1. The lowest BCUT2D eigenvalue weighted by atomic mass is 9.49. The SMILES string of the molecule is C[C@H](OC(C(=O)O)C(C)(C)C)[C@H]1CCC2C3=CC=C4C[C@@H](O[Si](C)(C)C(C)(C)C)C[C@H](O[Si](C)(C)C(C)(C)C)[C@]4(C)C3CC[C@@]21C. The second-order valence-corrected chi connectivity index (χ2v) is 29.7. The number of carboxylic acids is 1. The van der Waals surface area contributed by atoms with Crippen LogP contribution >= 0.6 is 0 Å². The number of hydrogen-bond donors (Lipinski definition) is 1. The summed E-state index contributed by atoms with van der Waals surface area (Å²) in [5, 5.41) is 10.3. The fraction of sp³-hybridized carbons (Fsp3) is 0.872. The molecule has 7 heteroatoms. The van der Waals surface area contributed by atoms with E-state index in [0.717, 1.165) is 38.5 Å². The average Bonchev–Trinajstić information content (AvgIpc) is 3.22. The van der Waals surface area contributed by atoms with E-state index in [1.807, 2.05) is 20.8 Å². The van der Waals surface area contributed by atoms with E-state index in [0.29, 0.717) is 17.8 Å². The Morgan fingerprint density at radius 2 is 1.43 bits per heavy atom. The number of allylic oxidation sites excluding steroid dienone is 3. The standard InChI is InChI=1S/C39H70O5Si2/c1-25(42-33(34(40)41)35(2,3)4)29-19-20-30-28-18-17-26-23-27(43-45(13,14)36(5,6)7)24-32(44-46(15,16)37(8,9)10)39(26,12)31(28)21-22-38(29,30)11/h17-18,25,27,29-33H,19-24H2,1-16H3,(H,40,41)/t25-,27+,29+,30?,31?,32-,33?,38+,39-/m0/s1. The molecule has 0 saturated heterocycles. The van der Waals surface area contributed by atoms with Crippen molar-refractivity contribution >= 4 is 22.6 Å². The molecule has 264 valence electrons. The first-order valence-corrected chi connectivity index (χ1v) is 24.1. The van der Waals surface area contributed by atoms with Gasteiger partial charge in [0.15, 0.2) is 22.7 Å².